The van der Waals surface area contributed by atoms with Crippen molar-refractivity contribution in [3.05, 3.63) is 60.9 Å². The number of fused-ring (bicyclic) bond motifs is 1. The molecule has 4 nitrogen and oxygen atoms in total. The van der Waals surface area contributed by atoms with Crippen LogP contribution in [0.5, 0.6) is 5.75 Å². The van der Waals surface area contributed by atoms with Crippen LogP contribution in [0.15, 0.2) is 60.9 Å². The fraction of sp³-hybridized carbons (Fsp3) is 0.222. The van der Waals surface area contributed by atoms with Gasteiger partial charge in [0, 0.05) is 11.9 Å². The largest absolute Gasteiger partial charge is 0.492 e. The summed E-state index contributed by atoms with van der Waals surface area (Å²) in [6, 6.07) is 18.0. The van der Waals surface area contributed by atoms with Crippen LogP contribution < -0.4 is 9.64 Å². The first-order valence-corrected chi connectivity index (χ1v) is 7.51. The van der Waals surface area contributed by atoms with Gasteiger partial charge in [0.2, 0.25) is 0 Å². The Bertz CT molecular complexity index is 725. The van der Waals surface area contributed by atoms with Crippen molar-refractivity contribution < 1.29 is 4.74 Å². The van der Waals surface area contributed by atoms with Crippen LogP contribution in [0.4, 0.5) is 5.82 Å². The van der Waals surface area contributed by atoms with Crippen molar-refractivity contribution in [2.24, 2.45) is 0 Å². The third-order valence-electron chi connectivity index (χ3n) is 3.58. The van der Waals surface area contributed by atoms with Gasteiger partial charge in [-0.3, -0.25) is 0 Å². The van der Waals surface area contributed by atoms with Crippen molar-refractivity contribution in [2.75, 3.05) is 24.6 Å². The molecule has 0 saturated carbocycles. The SMILES string of the molecule is CCN(CCOc1ccccc1)c1ncnc2ccccc12. The average Bonchev–Trinajstić information content (AvgIpc) is 2.59. The monoisotopic (exact) mass is 293 g/mol. The van der Waals surface area contributed by atoms with E-state index in [1.807, 2.05) is 48.5 Å². The zero-order valence-corrected chi connectivity index (χ0v) is 12.6. The van der Waals surface area contributed by atoms with Crippen LogP contribution in [0.25, 0.3) is 10.9 Å². The Balaban J connectivity index is 1.73. The van der Waals surface area contributed by atoms with Crippen LogP contribution in [0.2, 0.25) is 0 Å². The summed E-state index contributed by atoms with van der Waals surface area (Å²) in [6.45, 7) is 4.40. The molecule has 4 heteroatoms. The molecule has 1 aromatic heterocycles. The molecule has 2 aromatic carbocycles. The minimum absolute atomic E-state index is 0.621. The van der Waals surface area contributed by atoms with Crippen LogP contribution in [0.1, 0.15) is 6.92 Å². The maximum absolute atomic E-state index is 5.79. The van der Waals surface area contributed by atoms with Crippen molar-refractivity contribution >= 4 is 16.7 Å². The molecule has 0 spiro atoms. The molecule has 3 aromatic rings. The molecule has 0 atom stereocenters. The standard InChI is InChI=1S/C18H19N3O/c1-2-21(12-13-22-15-8-4-3-5-9-15)18-16-10-6-7-11-17(16)19-14-20-18/h3-11,14H,2,12-13H2,1H3. The highest BCUT2D eigenvalue weighted by Crippen LogP contribution is 2.22. The Morgan fingerprint density at radius 2 is 1.73 bits per heavy atom. The van der Waals surface area contributed by atoms with Gasteiger partial charge in [0.25, 0.3) is 0 Å². The van der Waals surface area contributed by atoms with E-state index in [0.29, 0.717) is 6.61 Å². The summed E-state index contributed by atoms with van der Waals surface area (Å²) in [4.78, 5) is 11.0. The lowest BCUT2D eigenvalue weighted by Crippen LogP contribution is -2.29. The number of anilines is 1. The second-order valence-electron chi connectivity index (χ2n) is 4.96. The molecule has 112 valence electrons. The molecule has 0 N–H and O–H groups in total. The van der Waals surface area contributed by atoms with E-state index in [2.05, 4.69) is 27.9 Å². The first kappa shape index (κ1) is 14.3. The van der Waals surface area contributed by atoms with Crippen molar-refractivity contribution in [1.82, 2.24) is 9.97 Å². The van der Waals surface area contributed by atoms with Gasteiger partial charge in [-0.25, -0.2) is 9.97 Å². The number of hydrogen-bond donors (Lipinski definition) is 0. The van der Waals surface area contributed by atoms with E-state index in [9.17, 15) is 0 Å². The fourth-order valence-corrected chi connectivity index (χ4v) is 2.45. The van der Waals surface area contributed by atoms with Gasteiger partial charge in [-0.2, -0.15) is 0 Å². The lowest BCUT2D eigenvalue weighted by atomic mass is 10.2. The Morgan fingerprint density at radius 1 is 0.955 bits per heavy atom. The zero-order valence-electron chi connectivity index (χ0n) is 12.6. The minimum atomic E-state index is 0.621. The van der Waals surface area contributed by atoms with Crippen LogP contribution in [0, 0.1) is 0 Å². The number of rotatable bonds is 6. The summed E-state index contributed by atoms with van der Waals surface area (Å²) in [5.41, 5.74) is 0.968. The summed E-state index contributed by atoms with van der Waals surface area (Å²) in [5, 5.41) is 1.08. The molecule has 0 aliphatic rings. The quantitative estimate of drug-likeness (QED) is 0.697. The first-order valence-electron chi connectivity index (χ1n) is 7.51. The zero-order chi connectivity index (χ0) is 15.2. The van der Waals surface area contributed by atoms with Crippen molar-refractivity contribution in [3.8, 4) is 5.75 Å². The predicted molar refractivity (Wildman–Crippen MR) is 89.4 cm³/mol. The summed E-state index contributed by atoms with van der Waals surface area (Å²) in [5.74, 6) is 1.86. The minimum Gasteiger partial charge on any atom is -0.492 e. The number of aromatic nitrogens is 2. The molecule has 0 bridgehead atoms. The van der Waals surface area contributed by atoms with Crippen LogP contribution in [0.3, 0.4) is 0 Å². The van der Waals surface area contributed by atoms with Gasteiger partial charge in [0.15, 0.2) is 0 Å². The maximum atomic E-state index is 5.79. The molecule has 3 rings (SSSR count). The van der Waals surface area contributed by atoms with Gasteiger partial charge in [-0.05, 0) is 31.2 Å². The Labute approximate surface area is 130 Å². The maximum Gasteiger partial charge on any atom is 0.139 e. The van der Waals surface area contributed by atoms with Crippen molar-refractivity contribution in [3.63, 3.8) is 0 Å². The smallest absolute Gasteiger partial charge is 0.139 e. The van der Waals surface area contributed by atoms with Gasteiger partial charge in [-0.1, -0.05) is 30.3 Å². The van der Waals surface area contributed by atoms with Gasteiger partial charge >= 0.3 is 0 Å². The van der Waals surface area contributed by atoms with Crippen LogP contribution >= 0.6 is 0 Å². The van der Waals surface area contributed by atoms with Gasteiger partial charge in [-0.15, -0.1) is 0 Å². The number of benzene rings is 2. The van der Waals surface area contributed by atoms with E-state index < -0.39 is 0 Å². The number of para-hydroxylation sites is 2. The van der Waals surface area contributed by atoms with Crippen molar-refractivity contribution in [2.45, 2.75) is 6.92 Å². The Kier molecular flexibility index (Phi) is 4.49. The van der Waals surface area contributed by atoms with Crippen LogP contribution in [-0.4, -0.2) is 29.7 Å². The van der Waals surface area contributed by atoms with E-state index in [1.54, 1.807) is 6.33 Å². The second kappa shape index (κ2) is 6.89. The Morgan fingerprint density at radius 3 is 2.55 bits per heavy atom. The van der Waals surface area contributed by atoms with E-state index in [0.717, 1.165) is 35.6 Å². The third-order valence-corrected chi connectivity index (χ3v) is 3.58. The molecule has 0 fully saturated rings. The molecular formula is C18H19N3O. The van der Waals surface area contributed by atoms with Gasteiger partial charge in [0.05, 0.1) is 12.1 Å². The van der Waals surface area contributed by atoms with Gasteiger partial charge in [0.1, 0.15) is 24.5 Å². The molecule has 0 radical (unpaired) electrons. The van der Waals surface area contributed by atoms with Gasteiger partial charge < -0.3 is 9.64 Å². The highest BCUT2D eigenvalue weighted by Gasteiger charge is 2.10. The number of likely N-dealkylation sites (N-methyl/N-ethyl adjacent to an activating group) is 1. The van der Waals surface area contributed by atoms with Crippen molar-refractivity contribution in [1.29, 1.82) is 0 Å². The fourth-order valence-electron chi connectivity index (χ4n) is 2.45. The molecule has 0 aliphatic carbocycles. The highest BCUT2D eigenvalue weighted by atomic mass is 16.5. The first-order chi connectivity index (χ1) is 10.9. The van der Waals surface area contributed by atoms with E-state index in [1.165, 1.54) is 0 Å². The predicted octanol–water partition coefficient (Wildman–Crippen LogP) is 3.54. The summed E-state index contributed by atoms with van der Waals surface area (Å²) in [7, 11) is 0. The second-order valence-corrected chi connectivity index (χ2v) is 4.96. The molecule has 0 unspecified atom stereocenters. The topological polar surface area (TPSA) is 38.2 Å². The number of ether oxygens (including phenoxy) is 1. The molecular weight excluding hydrogens is 274 g/mol. The average molecular weight is 293 g/mol. The number of hydrogen-bond acceptors (Lipinski definition) is 4. The lowest BCUT2D eigenvalue weighted by Gasteiger charge is -2.23. The Hall–Kier alpha value is -2.62. The summed E-state index contributed by atoms with van der Waals surface area (Å²) in [6.07, 6.45) is 1.62. The van der Waals surface area contributed by atoms with E-state index >= 15 is 0 Å². The molecule has 0 saturated heterocycles. The molecule has 22 heavy (non-hydrogen) atoms. The number of nitrogens with zero attached hydrogens (tertiary/aromatic N) is 3. The summed E-state index contributed by atoms with van der Waals surface area (Å²) >= 11 is 0. The summed E-state index contributed by atoms with van der Waals surface area (Å²) < 4.78 is 5.79. The van der Waals surface area contributed by atoms with E-state index in [-0.39, 0.29) is 0 Å². The molecule has 1 heterocycles. The molecule has 0 aliphatic heterocycles. The normalized spacial score (nSPS) is 10.6. The lowest BCUT2D eigenvalue weighted by molar-refractivity contribution is 0.324. The van der Waals surface area contributed by atoms with E-state index in [4.69, 9.17) is 4.74 Å². The molecule has 0 amide bonds. The highest BCUT2D eigenvalue weighted by molar-refractivity contribution is 5.89. The third kappa shape index (κ3) is 3.17. The van der Waals surface area contributed by atoms with Crippen LogP contribution in [-0.2, 0) is 0 Å².